The van der Waals surface area contributed by atoms with Crippen LogP contribution >= 0.6 is 0 Å². The molecular formula is C14H11FN2O4. The maximum absolute atomic E-state index is 13.0. The Hall–Kier alpha value is -2.96. The summed E-state index contributed by atoms with van der Waals surface area (Å²) in [6.07, 6.45) is 0. The molecule has 21 heavy (non-hydrogen) atoms. The third-order valence-corrected chi connectivity index (χ3v) is 2.72. The predicted octanol–water partition coefficient (Wildman–Crippen LogP) is 2.41. The summed E-state index contributed by atoms with van der Waals surface area (Å²) in [6.45, 7) is 0.00977. The third kappa shape index (κ3) is 3.53. The average Bonchev–Trinajstić information content (AvgIpc) is 2.44. The summed E-state index contributed by atoms with van der Waals surface area (Å²) in [5.74, 6) is -1.14. The Balaban J connectivity index is 2.23. The first kappa shape index (κ1) is 14.4. The largest absolute Gasteiger partial charge is 0.488 e. The molecule has 2 aromatic carbocycles. The molecule has 7 heteroatoms. The number of amides is 1. The van der Waals surface area contributed by atoms with Crippen LogP contribution in [0.3, 0.4) is 0 Å². The molecule has 0 radical (unpaired) electrons. The summed E-state index contributed by atoms with van der Waals surface area (Å²) in [4.78, 5) is 21.4. The number of carbonyl (C=O) groups excluding carboxylic acids is 1. The van der Waals surface area contributed by atoms with E-state index in [2.05, 4.69) is 0 Å². The first-order valence-electron chi connectivity index (χ1n) is 5.93. The highest BCUT2D eigenvalue weighted by Gasteiger charge is 2.15. The van der Waals surface area contributed by atoms with Crippen LogP contribution in [0, 0.1) is 15.9 Å². The fourth-order valence-corrected chi connectivity index (χ4v) is 1.74. The van der Waals surface area contributed by atoms with Crippen molar-refractivity contribution in [3.05, 3.63) is 69.5 Å². The van der Waals surface area contributed by atoms with Gasteiger partial charge < -0.3 is 10.5 Å². The molecule has 2 aromatic rings. The molecule has 0 aromatic heterocycles. The molecule has 0 unspecified atom stereocenters. The van der Waals surface area contributed by atoms with Crippen LogP contribution in [0.2, 0.25) is 0 Å². The van der Waals surface area contributed by atoms with E-state index < -0.39 is 16.6 Å². The van der Waals surface area contributed by atoms with Crippen molar-refractivity contribution in [1.82, 2.24) is 0 Å². The van der Waals surface area contributed by atoms with Gasteiger partial charge in [-0.2, -0.15) is 0 Å². The van der Waals surface area contributed by atoms with Crippen LogP contribution in [0.15, 0.2) is 42.5 Å². The van der Waals surface area contributed by atoms with Crippen molar-refractivity contribution in [2.45, 2.75) is 6.61 Å². The number of nitro groups is 1. The zero-order valence-corrected chi connectivity index (χ0v) is 10.8. The number of benzene rings is 2. The molecule has 108 valence electrons. The molecule has 0 saturated heterocycles. The molecule has 0 fully saturated rings. The second-order valence-electron chi connectivity index (χ2n) is 4.22. The lowest BCUT2D eigenvalue weighted by atomic mass is 10.1. The van der Waals surface area contributed by atoms with Crippen molar-refractivity contribution in [2.75, 3.05) is 0 Å². The Morgan fingerprint density at radius 2 is 2.05 bits per heavy atom. The van der Waals surface area contributed by atoms with Crippen LogP contribution in [-0.4, -0.2) is 10.8 Å². The Labute approximate surface area is 119 Å². The van der Waals surface area contributed by atoms with E-state index in [-0.39, 0.29) is 23.6 Å². The normalized spacial score (nSPS) is 10.1. The maximum Gasteiger partial charge on any atom is 0.270 e. The van der Waals surface area contributed by atoms with Crippen molar-refractivity contribution in [3.63, 3.8) is 0 Å². The van der Waals surface area contributed by atoms with Crippen LogP contribution < -0.4 is 10.5 Å². The lowest BCUT2D eigenvalue weighted by Gasteiger charge is -2.09. The SMILES string of the molecule is NC(=O)c1cc([N+](=O)[O-])ccc1OCc1cccc(F)c1. The fourth-order valence-electron chi connectivity index (χ4n) is 1.74. The fraction of sp³-hybridized carbons (Fsp3) is 0.0714. The van der Waals surface area contributed by atoms with Gasteiger partial charge in [0.05, 0.1) is 10.5 Å². The highest BCUT2D eigenvalue weighted by atomic mass is 19.1. The minimum absolute atomic E-state index is 0.00977. The first-order valence-corrected chi connectivity index (χ1v) is 5.93. The van der Waals surface area contributed by atoms with Gasteiger partial charge in [-0.1, -0.05) is 12.1 Å². The second-order valence-corrected chi connectivity index (χ2v) is 4.22. The minimum Gasteiger partial charge on any atom is -0.488 e. The number of rotatable bonds is 5. The zero-order valence-electron chi connectivity index (χ0n) is 10.8. The quantitative estimate of drug-likeness (QED) is 0.675. The first-order chi connectivity index (χ1) is 9.97. The maximum atomic E-state index is 13.0. The molecule has 1 amide bonds. The molecule has 0 spiro atoms. The molecule has 0 aliphatic carbocycles. The second kappa shape index (κ2) is 6.00. The van der Waals surface area contributed by atoms with Crippen LogP contribution in [-0.2, 0) is 6.61 Å². The number of hydrogen-bond acceptors (Lipinski definition) is 4. The number of non-ortho nitro benzene ring substituents is 1. The van der Waals surface area contributed by atoms with Crippen LogP contribution in [0.4, 0.5) is 10.1 Å². The van der Waals surface area contributed by atoms with Gasteiger partial charge in [0, 0.05) is 12.1 Å². The summed E-state index contributed by atoms with van der Waals surface area (Å²) in [7, 11) is 0. The predicted molar refractivity (Wildman–Crippen MR) is 72.3 cm³/mol. The molecule has 0 aliphatic heterocycles. The highest BCUT2D eigenvalue weighted by molar-refractivity contribution is 5.96. The van der Waals surface area contributed by atoms with E-state index in [9.17, 15) is 19.3 Å². The topological polar surface area (TPSA) is 95.5 Å². The Bertz CT molecular complexity index is 703. The lowest BCUT2D eigenvalue weighted by molar-refractivity contribution is -0.384. The number of ether oxygens (including phenoxy) is 1. The van der Waals surface area contributed by atoms with Crippen molar-refractivity contribution < 1.29 is 18.8 Å². The number of nitro benzene ring substituents is 1. The van der Waals surface area contributed by atoms with Crippen molar-refractivity contribution >= 4 is 11.6 Å². The summed E-state index contributed by atoms with van der Waals surface area (Å²) >= 11 is 0. The van der Waals surface area contributed by atoms with Gasteiger partial charge in [0.2, 0.25) is 0 Å². The molecule has 2 N–H and O–H groups in total. The van der Waals surface area contributed by atoms with Crippen molar-refractivity contribution in [3.8, 4) is 5.75 Å². The van der Waals surface area contributed by atoms with Crippen molar-refractivity contribution in [2.24, 2.45) is 5.73 Å². The number of primary amides is 1. The third-order valence-electron chi connectivity index (χ3n) is 2.72. The summed E-state index contributed by atoms with van der Waals surface area (Å²) in [5, 5.41) is 10.7. The minimum atomic E-state index is -0.840. The van der Waals surface area contributed by atoms with E-state index in [0.29, 0.717) is 5.56 Å². The summed E-state index contributed by atoms with van der Waals surface area (Å²) < 4.78 is 18.4. The van der Waals surface area contributed by atoms with E-state index in [1.54, 1.807) is 6.07 Å². The van der Waals surface area contributed by atoms with Gasteiger partial charge in [-0.15, -0.1) is 0 Å². The van der Waals surface area contributed by atoms with Gasteiger partial charge in [0.25, 0.3) is 11.6 Å². The molecule has 0 aliphatic rings. The Kier molecular flexibility index (Phi) is 4.13. The molecule has 2 rings (SSSR count). The van der Waals surface area contributed by atoms with E-state index in [4.69, 9.17) is 10.5 Å². The number of halogens is 1. The number of nitrogens with two attached hydrogens (primary N) is 1. The van der Waals surface area contributed by atoms with Gasteiger partial charge >= 0.3 is 0 Å². The molecule has 0 bridgehead atoms. The number of nitrogens with zero attached hydrogens (tertiary/aromatic N) is 1. The average molecular weight is 290 g/mol. The van der Waals surface area contributed by atoms with E-state index in [1.165, 1.54) is 30.3 Å². The molecule has 0 atom stereocenters. The molecular weight excluding hydrogens is 279 g/mol. The van der Waals surface area contributed by atoms with E-state index >= 15 is 0 Å². The van der Waals surface area contributed by atoms with Gasteiger partial charge in [-0.25, -0.2) is 4.39 Å². The summed E-state index contributed by atoms with van der Waals surface area (Å²) in [6, 6.07) is 9.30. The smallest absolute Gasteiger partial charge is 0.270 e. The van der Waals surface area contributed by atoms with Crippen molar-refractivity contribution in [1.29, 1.82) is 0 Å². The van der Waals surface area contributed by atoms with Crippen LogP contribution in [0.25, 0.3) is 0 Å². The number of hydrogen-bond donors (Lipinski definition) is 1. The Morgan fingerprint density at radius 1 is 1.29 bits per heavy atom. The van der Waals surface area contributed by atoms with E-state index in [1.807, 2.05) is 0 Å². The molecule has 0 saturated carbocycles. The lowest BCUT2D eigenvalue weighted by Crippen LogP contribution is -2.13. The summed E-state index contributed by atoms with van der Waals surface area (Å²) in [5.41, 5.74) is 5.38. The highest BCUT2D eigenvalue weighted by Crippen LogP contribution is 2.24. The van der Waals surface area contributed by atoms with Crippen LogP contribution in [0.1, 0.15) is 15.9 Å². The van der Waals surface area contributed by atoms with Gasteiger partial charge in [0.15, 0.2) is 0 Å². The monoisotopic (exact) mass is 290 g/mol. The van der Waals surface area contributed by atoms with E-state index in [0.717, 1.165) is 6.07 Å². The Morgan fingerprint density at radius 3 is 2.67 bits per heavy atom. The standard InChI is InChI=1S/C14H11FN2O4/c15-10-3-1-2-9(6-10)8-21-13-5-4-11(17(19)20)7-12(13)14(16)18/h1-7H,8H2,(H2,16,18). The van der Waals surface area contributed by atoms with Gasteiger partial charge in [0.1, 0.15) is 18.2 Å². The molecule has 0 heterocycles. The van der Waals surface area contributed by atoms with Gasteiger partial charge in [-0.05, 0) is 23.8 Å². The van der Waals surface area contributed by atoms with Crippen LogP contribution in [0.5, 0.6) is 5.75 Å². The number of carbonyl (C=O) groups is 1. The van der Waals surface area contributed by atoms with Gasteiger partial charge in [-0.3, -0.25) is 14.9 Å². The molecule has 6 nitrogen and oxygen atoms in total. The zero-order chi connectivity index (χ0) is 15.4.